The van der Waals surface area contributed by atoms with E-state index in [0.717, 1.165) is 44.2 Å². The fourth-order valence-electron chi connectivity index (χ4n) is 1.75. The molecule has 0 aliphatic heterocycles. The van der Waals surface area contributed by atoms with Gasteiger partial charge in [0.05, 0.1) is 11.8 Å². The van der Waals surface area contributed by atoms with Crippen LogP contribution in [0.1, 0.15) is 38.5 Å². The summed E-state index contributed by atoms with van der Waals surface area (Å²) in [6.45, 7) is 6.41. The SMILES string of the molecule is C[Si](C)(C)O/N=C1/CCCCC(C#N)CC1. The first-order valence-electron chi connectivity index (χ1n) is 6.15. The Morgan fingerprint density at radius 1 is 1.25 bits per heavy atom. The lowest BCUT2D eigenvalue weighted by molar-refractivity contribution is 0.330. The third kappa shape index (κ3) is 5.31. The van der Waals surface area contributed by atoms with Crippen LogP contribution in [-0.4, -0.2) is 14.0 Å². The summed E-state index contributed by atoms with van der Waals surface area (Å²) >= 11 is 0. The van der Waals surface area contributed by atoms with E-state index in [2.05, 4.69) is 30.9 Å². The van der Waals surface area contributed by atoms with Crippen molar-refractivity contribution < 1.29 is 4.53 Å². The van der Waals surface area contributed by atoms with Crippen molar-refractivity contribution in [3.63, 3.8) is 0 Å². The van der Waals surface area contributed by atoms with Crippen LogP contribution in [-0.2, 0) is 4.53 Å². The van der Waals surface area contributed by atoms with Gasteiger partial charge in [-0.1, -0.05) is 6.42 Å². The molecule has 4 heteroatoms. The first-order chi connectivity index (χ1) is 7.51. The van der Waals surface area contributed by atoms with Crippen LogP contribution in [0, 0.1) is 17.2 Å². The van der Waals surface area contributed by atoms with Gasteiger partial charge in [0.2, 0.25) is 0 Å². The van der Waals surface area contributed by atoms with Gasteiger partial charge < -0.3 is 4.53 Å². The summed E-state index contributed by atoms with van der Waals surface area (Å²) in [5.74, 6) is 0.220. The molecule has 0 N–H and O–H groups in total. The summed E-state index contributed by atoms with van der Waals surface area (Å²) < 4.78 is 5.58. The second-order valence-corrected chi connectivity index (χ2v) is 9.88. The molecule has 0 amide bonds. The number of hydrogen-bond donors (Lipinski definition) is 0. The van der Waals surface area contributed by atoms with Gasteiger partial charge in [-0.3, -0.25) is 0 Å². The molecule has 16 heavy (non-hydrogen) atoms. The van der Waals surface area contributed by atoms with Gasteiger partial charge >= 0.3 is 0 Å². The standard InChI is InChI=1S/C12H22N2OSi/c1-16(2,3)15-14-12-7-5-4-6-11(10-13)8-9-12/h11H,4-9H2,1-3H3/b14-12-. The Bertz CT molecular complexity index is 288. The topological polar surface area (TPSA) is 45.4 Å². The molecule has 0 heterocycles. The van der Waals surface area contributed by atoms with Crippen molar-refractivity contribution in [2.45, 2.75) is 58.2 Å². The lowest BCUT2D eigenvalue weighted by Gasteiger charge is -2.18. The lowest BCUT2D eigenvalue weighted by Crippen LogP contribution is -2.23. The Morgan fingerprint density at radius 3 is 2.62 bits per heavy atom. The van der Waals surface area contributed by atoms with E-state index in [1.165, 1.54) is 0 Å². The van der Waals surface area contributed by atoms with Crippen molar-refractivity contribution in [3.05, 3.63) is 0 Å². The highest BCUT2D eigenvalue weighted by Gasteiger charge is 2.18. The van der Waals surface area contributed by atoms with Crippen LogP contribution in [0.4, 0.5) is 0 Å². The van der Waals surface area contributed by atoms with E-state index in [4.69, 9.17) is 9.79 Å². The minimum atomic E-state index is -1.55. The Balaban J connectivity index is 2.50. The third-order valence-corrected chi connectivity index (χ3v) is 3.32. The second-order valence-electron chi connectivity index (χ2n) is 5.47. The van der Waals surface area contributed by atoms with Gasteiger partial charge in [-0.05, 0) is 51.7 Å². The van der Waals surface area contributed by atoms with Gasteiger partial charge in [-0.15, -0.1) is 5.16 Å². The first-order valence-corrected chi connectivity index (χ1v) is 9.55. The summed E-state index contributed by atoms with van der Waals surface area (Å²) in [5, 5.41) is 13.2. The van der Waals surface area contributed by atoms with Crippen LogP contribution in [0.25, 0.3) is 0 Å². The summed E-state index contributed by atoms with van der Waals surface area (Å²) in [7, 11) is -1.55. The van der Waals surface area contributed by atoms with Crippen molar-refractivity contribution in [2.24, 2.45) is 11.1 Å². The zero-order valence-electron chi connectivity index (χ0n) is 10.6. The van der Waals surface area contributed by atoms with E-state index < -0.39 is 8.32 Å². The average molecular weight is 238 g/mol. The maximum Gasteiger partial charge on any atom is 0.278 e. The highest BCUT2D eigenvalue weighted by atomic mass is 28.4. The molecule has 0 spiro atoms. The maximum atomic E-state index is 8.94. The fourth-order valence-corrected chi connectivity index (χ4v) is 2.15. The third-order valence-electron chi connectivity index (χ3n) is 2.68. The van der Waals surface area contributed by atoms with Crippen LogP contribution < -0.4 is 0 Å². The molecule has 0 radical (unpaired) electrons. The Labute approximate surface area is 99.6 Å². The van der Waals surface area contributed by atoms with Gasteiger partial charge in [0.25, 0.3) is 8.32 Å². The Kier molecular flexibility index (Phi) is 5.00. The fraction of sp³-hybridized carbons (Fsp3) is 0.833. The normalized spacial score (nSPS) is 25.6. The molecule has 3 nitrogen and oxygen atoms in total. The number of nitrogens with zero attached hydrogens (tertiary/aromatic N) is 2. The lowest BCUT2D eigenvalue weighted by atomic mass is 9.91. The maximum absolute atomic E-state index is 8.94. The highest BCUT2D eigenvalue weighted by Crippen LogP contribution is 2.21. The molecule has 1 aliphatic rings. The molecule has 1 saturated carbocycles. The summed E-state index contributed by atoms with van der Waals surface area (Å²) in [6, 6.07) is 2.38. The molecule has 0 aromatic heterocycles. The molecule has 1 atom stereocenters. The number of hydrogen-bond acceptors (Lipinski definition) is 3. The van der Waals surface area contributed by atoms with E-state index in [0.29, 0.717) is 0 Å². The number of rotatable bonds is 2. The quantitative estimate of drug-likeness (QED) is 0.544. The molecule has 1 aliphatic carbocycles. The second kappa shape index (κ2) is 6.05. The van der Waals surface area contributed by atoms with Crippen molar-refractivity contribution in [3.8, 4) is 6.07 Å². The monoisotopic (exact) mass is 238 g/mol. The van der Waals surface area contributed by atoms with Crippen LogP contribution in [0.5, 0.6) is 0 Å². The minimum absolute atomic E-state index is 0.220. The van der Waals surface area contributed by atoms with E-state index in [1.807, 2.05) is 0 Å². The van der Waals surface area contributed by atoms with Crippen LogP contribution >= 0.6 is 0 Å². The molecular formula is C12H22N2OSi. The molecule has 1 fully saturated rings. The largest absolute Gasteiger partial charge is 0.456 e. The molecule has 90 valence electrons. The van der Waals surface area contributed by atoms with Gasteiger partial charge in [0.15, 0.2) is 0 Å². The predicted octanol–water partition coefficient (Wildman–Crippen LogP) is 3.69. The van der Waals surface area contributed by atoms with E-state index in [1.54, 1.807) is 0 Å². The smallest absolute Gasteiger partial charge is 0.278 e. The molecule has 0 bridgehead atoms. The van der Waals surface area contributed by atoms with Crippen molar-refractivity contribution in [2.75, 3.05) is 0 Å². The van der Waals surface area contributed by atoms with Gasteiger partial charge in [0.1, 0.15) is 0 Å². The molecular weight excluding hydrogens is 216 g/mol. The van der Waals surface area contributed by atoms with Crippen LogP contribution in [0.15, 0.2) is 5.16 Å². The predicted molar refractivity (Wildman–Crippen MR) is 68.7 cm³/mol. The van der Waals surface area contributed by atoms with Gasteiger partial charge in [-0.25, -0.2) is 0 Å². The molecule has 1 unspecified atom stereocenters. The Morgan fingerprint density at radius 2 is 2.00 bits per heavy atom. The molecule has 0 saturated heterocycles. The highest BCUT2D eigenvalue weighted by molar-refractivity contribution is 6.69. The zero-order valence-corrected chi connectivity index (χ0v) is 11.6. The Hall–Kier alpha value is -0.823. The van der Waals surface area contributed by atoms with E-state index in [-0.39, 0.29) is 5.92 Å². The van der Waals surface area contributed by atoms with Crippen molar-refractivity contribution in [1.82, 2.24) is 0 Å². The van der Waals surface area contributed by atoms with E-state index >= 15 is 0 Å². The summed E-state index contributed by atoms with van der Waals surface area (Å²) in [5.41, 5.74) is 1.15. The van der Waals surface area contributed by atoms with Gasteiger partial charge in [-0.2, -0.15) is 5.26 Å². The van der Waals surface area contributed by atoms with Gasteiger partial charge in [0, 0.05) is 5.92 Å². The molecule has 0 aromatic carbocycles. The van der Waals surface area contributed by atoms with Crippen molar-refractivity contribution in [1.29, 1.82) is 5.26 Å². The number of oxime groups is 1. The van der Waals surface area contributed by atoms with Crippen LogP contribution in [0.2, 0.25) is 19.6 Å². The first kappa shape index (κ1) is 13.2. The van der Waals surface area contributed by atoms with Crippen LogP contribution in [0.3, 0.4) is 0 Å². The van der Waals surface area contributed by atoms with E-state index in [9.17, 15) is 0 Å². The minimum Gasteiger partial charge on any atom is -0.456 e. The summed E-state index contributed by atoms with van der Waals surface area (Å²) in [6.07, 6.45) is 6.27. The molecule has 0 aromatic rings. The zero-order chi connectivity index (χ0) is 12.0. The van der Waals surface area contributed by atoms with Crippen molar-refractivity contribution >= 4 is 14.0 Å². The average Bonchev–Trinajstić information content (AvgIpc) is 2.15. The summed E-state index contributed by atoms with van der Waals surface area (Å²) in [4.78, 5) is 0. The number of nitriles is 1. The molecule has 1 rings (SSSR count).